The van der Waals surface area contributed by atoms with Crippen LogP contribution < -0.4 is 0 Å². The van der Waals surface area contributed by atoms with E-state index >= 15 is 0 Å². The van der Waals surface area contributed by atoms with Crippen LogP contribution in [-0.2, 0) is 10.3 Å². The molecule has 2 aromatic carbocycles. The molecule has 1 aliphatic carbocycles. The lowest BCUT2D eigenvalue weighted by Gasteiger charge is -2.63. The standard InChI is InChI=1S/C19H20O/c1-17(2)18(13-14-18)20-19(17,15-9-5-3-6-10-15)16-11-7-4-8-12-16/h3-12H,13-14H2,1-2H3. The smallest absolute Gasteiger partial charge is 0.127 e. The number of rotatable bonds is 2. The van der Waals surface area contributed by atoms with Gasteiger partial charge in [-0.15, -0.1) is 0 Å². The molecule has 4 rings (SSSR count). The van der Waals surface area contributed by atoms with E-state index in [9.17, 15) is 0 Å². The number of hydrogen-bond acceptors (Lipinski definition) is 1. The van der Waals surface area contributed by atoms with Crippen molar-refractivity contribution >= 4 is 0 Å². The van der Waals surface area contributed by atoms with Gasteiger partial charge in [0.2, 0.25) is 0 Å². The zero-order chi connectivity index (χ0) is 13.8. The van der Waals surface area contributed by atoms with E-state index in [1.165, 1.54) is 24.0 Å². The molecule has 2 aliphatic rings. The van der Waals surface area contributed by atoms with Crippen LogP contribution in [0.3, 0.4) is 0 Å². The lowest BCUT2D eigenvalue weighted by atomic mass is 9.57. The molecule has 2 fully saturated rings. The molecule has 0 unspecified atom stereocenters. The lowest BCUT2D eigenvalue weighted by molar-refractivity contribution is -0.313. The van der Waals surface area contributed by atoms with Gasteiger partial charge in [0.25, 0.3) is 0 Å². The van der Waals surface area contributed by atoms with Crippen LogP contribution in [0.4, 0.5) is 0 Å². The Labute approximate surface area is 120 Å². The van der Waals surface area contributed by atoms with Gasteiger partial charge >= 0.3 is 0 Å². The van der Waals surface area contributed by atoms with Gasteiger partial charge in [-0.2, -0.15) is 0 Å². The summed E-state index contributed by atoms with van der Waals surface area (Å²) in [6.07, 6.45) is 2.39. The first-order valence-corrected chi connectivity index (χ1v) is 7.44. The van der Waals surface area contributed by atoms with Crippen LogP contribution in [0.1, 0.15) is 37.8 Å². The van der Waals surface area contributed by atoms with E-state index in [1.807, 2.05) is 0 Å². The topological polar surface area (TPSA) is 9.23 Å². The van der Waals surface area contributed by atoms with Crippen molar-refractivity contribution in [3.63, 3.8) is 0 Å². The predicted molar refractivity (Wildman–Crippen MR) is 80.5 cm³/mol. The Balaban J connectivity index is 1.92. The highest BCUT2D eigenvalue weighted by Crippen LogP contribution is 2.73. The monoisotopic (exact) mass is 264 g/mol. The Morgan fingerprint density at radius 2 is 1.20 bits per heavy atom. The summed E-state index contributed by atoms with van der Waals surface area (Å²) in [6.45, 7) is 4.73. The van der Waals surface area contributed by atoms with Gasteiger partial charge < -0.3 is 4.74 Å². The van der Waals surface area contributed by atoms with E-state index < -0.39 is 0 Å². The number of hydrogen-bond donors (Lipinski definition) is 0. The minimum atomic E-state index is -0.300. The summed E-state index contributed by atoms with van der Waals surface area (Å²) in [7, 11) is 0. The quantitative estimate of drug-likeness (QED) is 0.775. The average molecular weight is 264 g/mol. The van der Waals surface area contributed by atoms with Gasteiger partial charge in [-0.3, -0.25) is 0 Å². The fourth-order valence-corrected chi connectivity index (χ4v) is 4.02. The Kier molecular flexibility index (Phi) is 2.27. The normalized spacial score (nSPS) is 24.1. The highest BCUT2D eigenvalue weighted by molar-refractivity contribution is 5.46. The number of ether oxygens (including phenoxy) is 1. The molecule has 1 spiro atoms. The third kappa shape index (κ3) is 1.27. The second-order valence-electron chi connectivity index (χ2n) is 6.63. The minimum absolute atomic E-state index is 0.110. The van der Waals surface area contributed by atoms with Crippen molar-refractivity contribution < 1.29 is 4.74 Å². The van der Waals surface area contributed by atoms with Gasteiger partial charge in [-0.1, -0.05) is 74.5 Å². The van der Waals surface area contributed by atoms with Gasteiger partial charge in [0, 0.05) is 5.41 Å². The molecule has 1 nitrogen and oxygen atoms in total. The van der Waals surface area contributed by atoms with Gasteiger partial charge in [0.05, 0.1) is 5.60 Å². The maximum absolute atomic E-state index is 6.61. The van der Waals surface area contributed by atoms with Crippen LogP contribution in [0.5, 0.6) is 0 Å². The molecule has 1 aliphatic heterocycles. The van der Waals surface area contributed by atoms with Gasteiger partial charge in [0.15, 0.2) is 0 Å². The van der Waals surface area contributed by atoms with Crippen LogP contribution in [-0.4, -0.2) is 5.60 Å². The highest BCUT2D eigenvalue weighted by Gasteiger charge is 2.76. The zero-order valence-corrected chi connectivity index (χ0v) is 12.1. The van der Waals surface area contributed by atoms with Crippen molar-refractivity contribution in [3.8, 4) is 0 Å². The lowest BCUT2D eigenvalue weighted by Crippen LogP contribution is -2.66. The first kappa shape index (κ1) is 12.2. The first-order chi connectivity index (χ1) is 9.62. The highest BCUT2D eigenvalue weighted by atomic mass is 16.6. The van der Waals surface area contributed by atoms with E-state index in [0.29, 0.717) is 0 Å². The molecule has 102 valence electrons. The van der Waals surface area contributed by atoms with Crippen molar-refractivity contribution in [2.45, 2.75) is 37.9 Å². The van der Waals surface area contributed by atoms with Crippen LogP contribution >= 0.6 is 0 Å². The fraction of sp³-hybridized carbons (Fsp3) is 0.368. The van der Waals surface area contributed by atoms with E-state index in [1.54, 1.807) is 0 Å². The maximum Gasteiger partial charge on any atom is 0.127 e. The van der Waals surface area contributed by atoms with Crippen molar-refractivity contribution in [1.82, 2.24) is 0 Å². The molecule has 1 saturated carbocycles. The minimum Gasteiger partial charge on any atom is -0.358 e. The molecule has 0 bridgehead atoms. The molecule has 2 aromatic rings. The van der Waals surface area contributed by atoms with Crippen LogP contribution in [0, 0.1) is 5.41 Å². The summed E-state index contributed by atoms with van der Waals surface area (Å²) >= 11 is 0. The van der Waals surface area contributed by atoms with Crippen molar-refractivity contribution in [1.29, 1.82) is 0 Å². The Morgan fingerprint density at radius 1 is 0.750 bits per heavy atom. The Morgan fingerprint density at radius 3 is 1.55 bits per heavy atom. The molecular formula is C19H20O. The summed E-state index contributed by atoms with van der Waals surface area (Å²) in [5.74, 6) is 0. The first-order valence-electron chi connectivity index (χ1n) is 7.44. The molecule has 0 atom stereocenters. The second-order valence-corrected chi connectivity index (χ2v) is 6.63. The van der Waals surface area contributed by atoms with E-state index in [-0.39, 0.29) is 16.6 Å². The Bertz CT molecular complexity index is 584. The van der Waals surface area contributed by atoms with Crippen molar-refractivity contribution in [2.24, 2.45) is 5.41 Å². The molecule has 20 heavy (non-hydrogen) atoms. The Hall–Kier alpha value is -1.60. The molecular weight excluding hydrogens is 244 g/mol. The number of benzene rings is 2. The summed E-state index contributed by atoms with van der Waals surface area (Å²) in [4.78, 5) is 0. The van der Waals surface area contributed by atoms with E-state index in [4.69, 9.17) is 4.74 Å². The second kappa shape index (κ2) is 3.73. The predicted octanol–water partition coefficient (Wildman–Crippen LogP) is 4.52. The largest absolute Gasteiger partial charge is 0.358 e. The molecule has 0 N–H and O–H groups in total. The molecule has 0 amide bonds. The molecule has 0 aromatic heterocycles. The van der Waals surface area contributed by atoms with Crippen LogP contribution in [0.15, 0.2) is 60.7 Å². The summed E-state index contributed by atoms with van der Waals surface area (Å²) in [5.41, 5.74) is 2.48. The van der Waals surface area contributed by atoms with Crippen molar-refractivity contribution in [3.05, 3.63) is 71.8 Å². The SMILES string of the molecule is CC1(C)C2(CC2)OC1(c1ccccc1)c1ccccc1. The summed E-state index contributed by atoms with van der Waals surface area (Å²) < 4.78 is 6.61. The third-order valence-corrected chi connectivity index (χ3v) is 5.43. The molecule has 1 saturated heterocycles. The zero-order valence-electron chi connectivity index (χ0n) is 12.1. The van der Waals surface area contributed by atoms with Gasteiger partial charge in [0.1, 0.15) is 5.60 Å². The summed E-state index contributed by atoms with van der Waals surface area (Å²) in [5, 5.41) is 0. The van der Waals surface area contributed by atoms with Crippen molar-refractivity contribution in [2.75, 3.05) is 0 Å². The van der Waals surface area contributed by atoms with E-state index in [2.05, 4.69) is 74.5 Å². The fourth-order valence-electron chi connectivity index (χ4n) is 4.02. The molecule has 1 heteroatoms. The summed E-state index contributed by atoms with van der Waals surface area (Å²) in [6, 6.07) is 21.4. The van der Waals surface area contributed by atoms with Gasteiger partial charge in [-0.25, -0.2) is 0 Å². The molecule has 1 heterocycles. The molecule has 0 radical (unpaired) electrons. The van der Waals surface area contributed by atoms with Gasteiger partial charge in [-0.05, 0) is 24.0 Å². The van der Waals surface area contributed by atoms with Crippen LogP contribution in [0.25, 0.3) is 0 Å². The average Bonchev–Trinajstić information content (AvgIpc) is 3.29. The third-order valence-electron chi connectivity index (χ3n) is 5.43. The maximum atomic E-state index is 6.61. The van der Waals surface area contributed by atoms with Crippen LogP contribution in [0.2, 0.25) is 0 Å². The van der Waals surface area contributed by atoms with E-state index in [0.717, 1.165) is 0 Å².